The second-order valence-corrected chi connectivity index (χ2v) is 6.69. The van der Waals surface area contributed by atoms with E-state index in [2.05, 4.69) is 10.1 Å². The minimum absolute atomic E-state index is 0.194. The Bertz CT molecular complexity index is 1030. The molecule has 1 aliphatic carbocycles. The van der Waals surface area contributed by atoms with E-state index in [1.165, 1.54) is 25.3 Å². The molecule has 1 amide bonds. The molecule has 6 nitrogen and oxygen atoms in total. The first kappa shape index (κ1) is 17.2. The lowest BCUT2D eigenvalue weighted by Crippen LogP contribution is -2.27. The number of halogens is 1. The van der Waals surface area contributed by atoms with Gasteiger partial charge in [-0.2, -0.15) is 10.4 Å². The van der Waals surface area contributed by atoms with Gasteiger partial charge < -0.3 is 4.90 Å². The number of nitriles is 1. The summed E-state index contributed by atoms with van der Waals surface area (Å²) in [5.41, 5.74) is 2.81. The second kappa shape index (κ2) is 7.16. The van der Waals surface area contributed by atoms with Crippen molar-refractivity contribution in [3.8, 4) is 17.2 Å². The summed E-state index contributed by atoms with van der Waals surface area (Å²) in [6.45, 7) is 0.499. The minimum Gasteiger partial charge on any atom is -0.309 e. The van der Waals surface area contributed by atoms with Gasteiger partial charge in [-0.1, -0.05) is 19.3 Å². The lowest BCUT2D eigenvalue weighted by molar-refractivity contribution is -0.118. The Morgan fingerprint density at radius 2 is 2.00 bits per heavy atom. The fraction of sp³-hybridized carbons (Fsp3) is 0.300. The fourth-order valence-corrected chi connectivity index (χ4v) is 2.99. The van der Waals surface area contributed by atoms with E-state index in [0.29, 0.717) is 24.2 Å². The molecule has 1 saturated heterocycles. The van der Waals surface area contributed by atoms with Crippen LogP contribution in [0, 0.1) is 23.1 Å². The molecule has 5 rings (SSSR count). The lowest BCUT2D eigenvalue weighted by Gasteiger charge is -2.16. The third-order valence-corrected chi connectivity index (χ3v) is 4.53. The Hall–Kier alpha value is -3.27. The van der Waals surface area contributed by atoms with Crippen LogP contribution in [0.4, 0.5) is 10.1 Å². The van der Waals surface area contributed by atoms with Gasteiger partial charge in [-0.15, -0.1) is 0 Å². The molecule has 2 fully saturated rings. The van der Waals surface area contributed by atoms with Crippen molar-refractivity contribution >= 4 is 17.1 Å². The number of hydrogen-bond donors (Lipinski definition) is 0. The van der Waals surface area contributed by atoms with E-state index in [4.69, 9.17) is 5.26 Å². The first-order chi connectivity index (χ1) is 13.2. The smallest absolute Gasteiger partial charge is 0.244 e. The normalized spacial score (nSPS) is 18.1. The summed E-state index contributed by atoms with van der Waals surface area (Å²) in [5, 5.41) is 13.3. The van der Waals surface area contributed by atoms with Crippen molar-refractivity contribution in [2.75, 3.05) is 11.4 Å². The molecule has 136 valence electrons. The molecule has 0 spiro atoms. The summed E-state index contributed by atoms with van der Waals surface area (Å²) in [7, 11) is 0. The van der Waals surface area contributed by atoms with Crippen molar-refractivity contribution in [2.24, 2.45) is 5.92 Å². The zero-order valence-corrected chi connectivity index (χ0v) is 14.7. The molecule has 1 atom stereocenters. The second-order valence-electron chi connectivity index (χ2n) is 6.69. The monoisotopic (exact) mass is 363 g/mol. The van der Waals surface area contributed by atoms with Crippen LogP contribution in [-0.2, 0) is 4.79 Å². The number of amides is 1. The highest BCUT2D eigenvalue weighted by atomic mass is 19.1. The molecular formula is C20H18FN5O. The highest BCUT2D eigenvalue weighted by molar-refractivity contribution is 6.02. The van der Waals surface area contributed by atoms with Crippen LogP contribution in [0.2, 0.25) is 0 Å². The Balaban J connectivity index is 0.000000547. The summed E-state index contributed by atoms with van der Waals surface area (Å²) in [5.74, 6) is -1.21. The number of nitrogens with zero attached hydrogens (tertiary/aromatic N) is 5. The average Bonchev–Trinajstić information content (AvgIpc) is 3.42. The number of carbonyl (C=O) groups excluding carboxylic acids is 1. The molecule has 0 radical (unpaired) electrons. The Morgan fingerprint density at radius 1 is 1.19 bits per heavy atom. The van der Waals surface area contributed by atoms with Gasteiger partial charge in [0.15, 0.2) is 0 Å². The van der Waals surface area contributed by atoms with Gasteiger partial charge in [0.25, 0.3) is 0 Å². The molecule has 0 bridgehead atoms. The van der Waals surface area contributed by atoms with Gasteiger partial charge in [0.1, 0.15) is 11.7 Å². The minimum atomic E-state index is -0.597. The number of carbonyl (C=O) groups is 1. The van der Waals surface area contributed by atoms with Crippen LogP contribution in [0.25, 0.3) is 16.6 Å². The number of fused-ring (bicyclic) bond motifs is 1. The van der Waals surface area contributed by atoms with Crippen LogP contribution in [0.15, 0.2) is 43.0 Å². The van der Waals surface area contributed by atoms with E-state index in [0.717, 1.165) is 17.3 Å². The van der Waals surface area contributed by atoms with Crippen molar-refractivity contribution < 1.29 is 9.18 Å². The molecule has 0 N–H and O–H groups in total. The van der Waals surface area contributed by atoms with E-state index in [-0.39, 0.29) is 5.91 Å². The summed E-state index contributed by atoms with van der Waals surface area (Å²) in [6.07, 6.45) is 11.1. The first-order valence-electron chi connectivity index (χ1n) is 8.96. The summed E-state index contributed by atoms with van der Waals surface area (Å²) in [6, 6.07) is 7.02. The number of pyridine rings is 1. The molecule has 1 unspecified atom stereocenters. The molecule has 4 heterocycles. The number of aromatic nitrogens is 3. The lowest BCUT2D eigenvalue weighted by atomic mass is 10.1. The van der Waals surface area contributed by atoms with E-state index in [9.17, 15) is 9.18 Å². The van der Waals surface area contributed by atoms with Gasteiger partial charge in [0.05, 0.1) is 23.5 Å². The molecule has 27 heavy (non-hydrogen) atoms. The third-order valence-electron chi connectivity index (χ3n) is 4.53. The maximum atomic E-state index is 13.4. The third kappa shape index (κ3) is 3.51. The molecular weight excluding hydrogens is 345 g/mol. The highest BCUT2D eigenvalue weighted by Crippen LogP contribution is 2.31. The Kier molecular flexibility index (Phi) is 4.55. The number of rotatable bonds is 2. The van der Waals surface area contributed by atoms with Crippen LogP contribution in [0.1, 0.15) is 25.7 Å². The quantitative estimate of drug-likeness (QED) is 0.697. The molecule has 3 aromatic heterocycles. The maximum absolute atomic E-state index is 13.4. The topological polar surface area (TPSA) is 74.3 Å². The van der Waals surface area contributed by atoms with Gasteiger partial charge >= 0.3 is 0 Å². The zero-order valence-electron chi connectivity index (χ0n) is 14.7. The first-order valence-corrected chi connectivity index (χ1v) is 8.96. The van der Waals surface area contributed by atoms with Gasteiger partial charge in [-0.05, 0) is 24.6 Å². The van der Waals surface area contributed by atoms with Crippen molar-refractivity contribution in [3.05, 3.63) is 48.8 Å². The van der Waals surface area contributed by atoms with Crippen molar-refractivity contribution in [1.29, 1.82) is 5.26 Å². The molecule has 1 saturated carbocycles. The summed E-state index contributed by atoms with van der Waals surface area (Å²) in [4.78, 5) is 17.8. The van der Waals surface area contributed by atoms with Gasteiger partial charge in [-0.3, -0.25) is 9.78 Å². The van der Waals surface area contributed by atoms with Crippen LogP contribution in [-0.4, -0.2) is 27.0 Å². The van der Waals surface area contributed by atoms with Crippen LogP contribution < -0.4 is 4.90 Å². The molecule has 1 aliphatic heterocycles. The molecule has 2 aliphatic rings. The molecule has 7 heteroatoms. The fourth-order valence-electron chi connectivity index (χ4n) is 2.99. The summed E-state index contributed by atoms with van der Waals surface area (Å²) < 4.78 is 15.0. The average molecular weight is 363 g/mol. The van der Waals surface area contributed by atoms with Crippen LogP contribution in [0.3, 0.4) is 0 Å². The summed E-state index contributed by atoms with van der Waals surface area (Å²) >= 11 is 0. The predicted octanol–water partition coefficient (Wildman–Crippen LogP) is 3.58. The zero-order chi connectivity index (χ0) is 18.8. The van der Waals surface area contributed by atoms with E-state index in [1.807, 2.05) is 12.1 Å². The van der Waals surface area contributed by atoms with E-state index >= 15 is 0 Å². The Labute approximate surface area is 155 Å². The highest BCUT2D eigenvalue weighted by Gasteiger charge is 2.33. The predicted molar refractivity (Wildman–Crippen MR) is 98.3 cm³/mol. The molecule has 0 aromatic carbocycles. The van der Waals surface area contributed by atoms with Crippen LogP contribution >= 0.6 is 0 Å². The maximum Gasteiger partial charge on any atom is 0.244 e. The van der Waals surface area contributed by atoms with Crippen LogP contribution in [0.5, 0.6) is 0 Å². The number of hydrogen-bond acceptors (Lipinski definition) is 4. The Morgan fingerprint density at radius 3 is 2.67 bits per heavy atom. The van der Waals surface area contributed by atoms with E-state index < -0.39 is 11.7 Å². The molecule has 3 aromatic rings. The van der Waals surface area contributed by atoms with Gasteiger partial charge in [-0.25, -0.2) is 8.91 Å². The van der Waals surface area contributed by atoms with Crippen molar-refractivity contribution in [3.63, 3.8) is 0 Å². The number of anilines is 1. The van der Waals surface area contributed by atoms with Gasteiger partial charge in [0, 0.05) is 36.3 Å². The van der Waals surface area contributed by atoms with E-state index in [1.54, 1.807) is 34.1 Å². The largest absolute Gasteiger partial charge is 0.309 e. The van der Waals surface area contributed by atoms with Gasteiger partial charge in [0.2, 0.25) is 5.91 Å². The van der Waals surface area contributed by atoms with Crippen molar-refractivity contribution in [1.82, 2.24) is 14.6 Å². The SMILES string of the molecule is C1CC1.N#CC1CCN(c2ccnn3cc(-c4cncc(F)c4)cc23)C1=O. The van der Waals surface area contributed by atoms with Crippen molar-refractivity contribution in [2.45, 2.75) is 25.7 Å². The standard InChI is InChI=1S/C17H12FN5O.C3H6/c18-14-5-12(8-20-9-14)13-6-16-15(1-3-21-23(16)10-13)22-4-2-11(7-19)17(22)24;1-2-3-1/h1,3,5-6,8-11H,2,4H2;1-3H2.